The molecule has 2 heterocycles. The summed E-state index contributed by atoms with van der Waals surface area (Å²) in [6, 6.07) is 1.52. The Morgan fingerprint density at radius 2 is 2.00 bits per heavy atom. The summed E-state index contributed by atoms with van der Waals surface area (Å²) in [6.07, 6.45) is 4.37. The number of hydrogen-bond donors (Lipinski definition) is 2. The quantitative estimate of drug-likeness (QED) is 0.642. The van der Waals surface area contributed by atoms with Crippen molar-refractivity contribution in [1.29, 1.82) is 0 Å². The molecule has 1 aliphatic heterocycles. The molecule has 3 N–H and O–H groups in total. The first-order chi connectivity index (χ1) is 8.55. The molecular weight excluding hydrogens is 320 g/mol. The van der Waals surface area contributed by atoms with Crippen molar-refractivity contribution >= 4 is 31.8 Å². The highest BCUT2D eigenvalue weighted by molar-refractivity contribution is 9.10. The van der Waals surface area contributed by atoms with Gasteiger partial charge < -0.3 is 5.43 Å². The fraction of sp³-hybridized carbons (Fsp3) is 0.500. The fourth-order valence-corrected chi connectivity index (χ4v) is 4.10. The van der Waals surface area contributed by atoms with Crippen LogP contribution >= 0.6 is 15.9 Å². The summed E-state index contributed by atoms with van der Waals surface area (Å²) >= 11 is 3.23. The van der Waals surface area contributed by atoms with Crippen LogP contribution in [0.15, 0.2) is 21.6 Å². The summed E-state index contributed by atoms with van der Waals surface area (Å²) in [7, 11) is -3.53. The number of nitrogens with zero attached hydrogens (tertiary/aromatic N) is 2. The molecule has 1 saturated heterocycles. The molecule has 1 fully saturated rings. The number of aromatic nitrogens is 1. The minimum absolute atomic E-state index is 0.112. The SMILES string of the molecule is NNc1ncc(Br)cc1S(=O)(=O)N1CCCCC1. The monoisotopic (exact) mass is 334 g/mol. The van der Waals surface area contributed by atoms with Crippen molar-refractivity contribution < 1.29 is 8.42 Å². The molecule has 0 radical (unpaired) electrons. The highest BCUT2D eigenvalue weighted by Crippen LogP contribution is 2.27. The van der Waals surface area contributed by atoms with E-state index >= 15 is 0 Å². The molecule has 1 aromatic heterocycles. The molecule has 100 valence electrons. The van der Waals surface area contributed by atoms with Crippen LogP contribution in [0.4, 0.5) is 5.82 Å². The maximum absolute atomic E-state index is 12.5. The lowest BCUT2D eigenvalue weighted by atomic mass is 10.2. The average molecular weight is 335 g/mol. The molecule has 6 nitrogen and oxygen atoms in total. The lowest BCUT2D eigenvalue weighted by molar-refractivity contribution is 0.346. The van der Waals surface area contributed by atoms with Gasteiger partial charge in [0.05, 0.1) is 0 Å². The zero-order valence-corrected chi connectivity index (χ0v) is 12.2. The molecule has 8 heteroatoms. The van der Waals surface area contributed by atoms with E-state index in [1.165, 1.54) is 16.6 Å². The third-order valence-corrected chi connectivity index (χ3v) is 5.23. The maximum atomic E-state index is 12.5. The van der Waals surface area contributed by atoms with Crippen LogP contribution in [0.3, 0.4) is 0 Å². The van der Waals surface area contributed by atoms with Gasteiger partial charge in [0.25, 0.3) is 0 Å². The van der Waals surface area contributed by atoms with Crippen molar-refractivity contribution in [3.05, 3.63) is 16.7 Å². The number of nitrogen functional groups attached to an aromatic ring is 1. The van der Waals surface area contributed by atoms with Gasteiger partial charge in [0.1, 0.15) is 4.90 Å². The number of sulfonamides is 1. The lowest BCUT2D eigenvalue weighted by Gasteiger charge is -2.26. The first-order valence-electron chi connectivity index (χ1n) is 5.68. The Labute approximate surface area is 115 Å². The number of nitrogens with one attached hydrogen (secondary N) is 1. The molecule has 0 unspecified atom stereocenters. The summed E-state index contributed by atoms with van der Waals surface area (Å²) in [6.45, 7) is 1.11. The van der Waals surface area contributed by atoms with Gasteiger partial charge in [-0.1, -0.05) is 6.42 Å². The molecular formula is C10H15BrN4O2S. The molecule has 1 aliphatic rings. The lowest BCUT2D eigenvalue weighted by Crippen LogP contribution is -2.36. The predicted octanol–water partition coefficient (Wildman–Crippen LogP) is 1.30. The maximum Gasteiger partial charge on any atom is 0.246 e. The first-order valence-corrected chi connectivity index (χ1v) is 7.91. The molecule has 0 amide bonds. The summed E-state index contributed by atoms with van der Waals surface area (Å²) in [5, 5.41) is 0. The largest absolute Gasteiger partial charge is 0.307 e. The fourth-order valence-electron chi connectivity index (χ4n) is 1.97. The second-order valence-corrected chi connectivity index (χ2v) is 6.93. The Kier molecular flexibility index (Phi) is 4.21. The van der Waals surface area contributed by atoms with E-state index in [2.05, 4.69) is 26.3 Å². The summed E-state index contributed by atoms with van der Waals surface area (Å²) < 4.78 is 27.1. The Morgan fingerprint density at radius 3 is 2.61 bits per heavy atom. The van der Waals surface area contributed by atoms with Crippen molar-refractivity contribution in [2.75, 3.05) is 18.5 Å². The van der Waals surface area contributed by atoms with E-state index in [4.69, 9.17) is 5.84 Å². The van der Waals surface area contributed by atoms with Crippen LogP contribution in [-0.4, -0.2) is 30.8 Å². The third-order valence-electron chi connectivity index (χ3n) is 2.89. The van der Waals surface area contributed by atoms with Gasteiger partial charge in [0, 0.05) is 23.8 Å². The smallest absolute Gasteiger partial charge is 0.246 e. The normalized spacial score (nSPS) is 17.7. The topological polar surface area (TPSA) is 88.3 Å². The third kappa shape index (κ3) is 2.66. The molecule has 0 aromatic carbocycles. The molecule has 2 rings (SSSR count). The summed E-state index contributed by atoms with van der Waals surface area (Å²) in [4.78, 5) is 4.08. The van der Waals surface area contributed by atoms with E-state index in [1.807, 2.05) is 0 Å². The average Bonchev–Trinajstić information content (AvgIpc) is 2.39. The number of pyridine rings is 1. The minimum Gasteiger partial charge on any atom is -0.307 e. The van der Waals surface area contributed by atoms with Crippen molar-refractivity contribution in [3.63, 3.8) is 0 Å². The van der Waals surface area contributed by atoms with Gasteiger partial charge in [0.15, 0.2) is 5.82 Å². The number of halogens is 1. The molecule has 0 saturated carbocycles. The predicted molar refractivity (Wildman–Crippen MR) is 72.4 cm³/mol. The van der Waals surface area contributed by atoms with Crippen LogP contribution in [0.1, 0.15) is 19.3 Å². The van der Waals surface area contributed by atoms with Crippen molar-refractivity contribution in [2.45, 2.75) is 24.2 Å². The van der Waals surface area contributed by atoms with Crippen LogP contribution in [0.2, 0.25) is 0 Å². The number of anilines is 1. The van der Waals surface area contributed by atoms with E-state index in [1.54, 1.807) is 0 Å². The number of hydrogen-bond acceptors (Lipinski definition) is 5. The van der Waals surface area contributed by atoms with E-state index in [9.17, 15) is 8.42 Å². The molecule has 0 spiro atoms. The van der Waals surface area contributed by atoms with Gasteiger partial charge in [-0.2, -0.15) is 4.31 Å². The molecule has 0 aliphatic carbocycles. The number of hydrazine groups is 1. The van der Waals surface area contributed by atoms with Crippen molar-refractivity contribution in [1.82, 2.24) is 9.29 Å². The number of piperidine rings is 1. The number of nitrogens with two attached hydrogens (primary N) is 1. The van der Waals surface area contributed by atoms with E-state index in [-0.39, 0.29) is 10.7 Å². The zero-order chi connectivity index (χ0) is 13.2. The summed E-state index contributed by atoms with van der Waals surface area (Å²) in [5.41, 5.74) is 2.33. The van der Waals surface area contributed by atoms with Gasteiger partial charge in [-0.05, 0) is 34.8 Å². The van der Waals surface area contributed by atoms with Gasteiger partial charge in [-0.15, -0.1) is 0 Å². The standard InChI is InChI=1S/C10H15BrN4O2S/c11-8-6-9(10(14-12)13-7-8)18(16,17)15-4-2-1-3-5-15/h6-7H,1-5,12H2,(H,13,14). The summed E-state index contributed by atoms with van der Waals surface area (Å²) in [5.74, 6) is 5.49. The van der Waals surface area contributed by atoms with Crippen molar-refractivity contribution in [2.24, 2.45) is 5.84 Å². The van der Waals surface area contributed by atoms with Gasteiger partial charge in [-0.25, -0.2) is 19.2 Å². The molecule has 0 atom stereocenters. The van der Waals surface area contributed by atoms with Gasteiger partial charge in [0.2, 0.25) is 10.0 Å². The Balaban J connectivity index is 2.42. The highest BCUT2D eigenvalue weighted by Gasteiger charge is 2.29. The second kappa shape index (κ2) is 5.52. The minimum atomic E-state index is -3.53. The van der Waals surface area contributed by atoms with Crippen LogP contribution < -0.4 is 11.3 Å². The highest BCUT2D eigenvalue weighted by atomic mass is 79.9. The number of rotatable bonds is 3. The van der Waals surface area contributed by atoms with Crippen LogP contribution in [0.5, 0.6) is 0 Å². The molecule has 1 aromatic rings. The van der Waals surface area contributed by atoms with E-state index in [0.717, 1.165) is 19.3 Å². The van der Waals surface area contributed by atoms with Crippen LogP contribution in [0, 0.1) is 0 Å². The van der Waals surface area contributed by atoms with Crippen LogP contribution in [-0.2, 0) is 10.0 Å². The molecule has 18 heavy (non-hydrogen) atoms. The Bertz CT molecular complexity index is 529. The van der Waals surface area contributed by atoms with Crippen molar-refractivity contribution in [3.8, 4) is 0 Å². The Morgan fingerprint density at radius 1 is 1.33 bits per heavy atom. The van der Waals surface area contributed by atoms with Crippen LogP contribution in [0.25, 0.3) is 0 Å². The molecule has 0 bridgehead atoms. The van der Waals surface area contributed by atoms with Gasteiger partial charge >= 0.3 is 0 Å². The van der Waals surface area contributed by atoms with E-state index in [0.29, 0.717) is 17.6 Å². The van der Waals surface area contributed by atoms with E-state index < -0.39 is 10.0 Å². The zero-order valence-electron chi connectivity index (χ0n) is 9.76. The Hall–Kier alpha value is -0.700. The second-order valence-electron chi connectivity index (χ2n) is 4.11. The van der Waals surface area contributed by atoms with Gasteiger partial charge in [-0.3, -0.25) is 0 Å². The first kappa shape index (κ1) is 13.7.